The molecule has 2 fully saturated rings. The van der Waals surface area contributed by atoms with Crippen LogP contribution in [-0.2, 0) is 25.4 Å². The van der Waals surface area contributed by atoms with E-state index in [1.165, 1.54) is 44.6 Å². The van der Waals surface area contributed by atoms with Gasteiger partial charge in [0.2, 0.25) is 0 Å². The Morgan fingerprint density at radius 3 is 2.29 bits per heavy atom. The van der Waals surface area contributed by atoms with Crippen LogP contribution in [0.3, 0.4) is 0 Å². The molecule has 0 amide bonds. The number of aryl methyl sites for hydroxylation is 3. The number of likely N-dealkylation sites (tertiary alicyclic amines) is 1. The van der Waals surface area contributed by atoms with Crippen molar-refractivity contribution in [1.82, 2.24) is 54.5 Å². The van der Waals surface area contributed by atoms with Crippen molar-refractivity contribution in [2.75, 3.05) is 43.8 Å². The summed E-state index contributed by atoms with van der Waals surface area (Å²) in [4.78, 5) is 51.0. The number of pyridine rings is 2. The molecule has 0 radical (unpaired) electrons. The molecule has 2 aromatic carbocycles. The monoisotopic (exact) mass is 957 g/mol. The molecule has 364 valence electrons. The highest BCUT2D eigenvalue weighted by molar-refractivity contribution is 5.84. The summed E-state index contributed by atoms with van der Waals surface area (Å²) >= 11 is 0. The maximum atomic E-state index is 14.9. The fraction of sp³-hybridized carbons (Fsp3) is 0.353. The number of nitrogen functional groups attached to an aromatic ring is 1. The van der Waals surface area contributed by atoms with Crippen LogP contribution in [0.25, 0.3) is 33.4 Å². The summed E-state index contributed by atoms with van der Waals surface area (Å²) in [5.41, 5.74) is 10.3. The Hall–Kier alpha value is -7.25. The zero-order valence-electron chi connectivity index (χ0n) is 39.2. The van der Waals surface area contributed by atoms with Crippen molar-refractivity contribution in [3.8, 4) is 11.6 Å². The molecule has 2 unspecified atom stereocenters. The lowest BCUT2D eigenvalue weighted by atomic mass is 10.0. The maximum absolute atomic E-state index is 14.9. The number of aromatic amines is 2. The number of nitrogens with two attached hydrogens (primary N) is 1. The number of hydrogen-bond acceptors (Lipinski definition) is 11. The highest BCUT2D eigenvalue weighted by atomic mass is 19.4. The Balaban J connectivity index is 0.000000155. The van der Waals surface area contributed by atoms with Crippen LogP contribution < -0.4 is 27.5 Å². The van der Waals surface area contributed by atoms with Gasteiger partial charge in [-0.05, 0) is 137 Å². The summed E-state index contributed by atoms with van der Waals surface area (Å²) in [7, 11) is 0. The number of benzene rings is 2. The fourth-order valence-electron chi connectivity index (χ4n) is 8.95. The summed E-state index contributed by atoms with van der Waals surface area (Å²) in [6.45, 7) is 11.4. The zero-order chi connectivity index (χ0) is 49.1. The Morgan fingerprint density at radius 2 is 1.61 bits per heavy atom. The van der Waals surface area contributed by atoms with Crippen LogP contribution in [0.5, 0.6) is 0 Å². The van der Waals surface area contributed by atoms with Gasteiger partial charge in [0.25, 0.3) is 11.1 Å². The normalized spacial score (nSPS) is 17.0. The third-order valence-electron chi connectivity index (χ3n) is 13.0. The van der Waals surface area contributed by atoms with Gasteiger partial charge in [-0.2, -0.15) is 18.3 Å². The lowest BCUT2D eigenvalue weighted by Gasteiger charge is -2.19. The number of H-pyrrole nitrogens is 2. The van der Waals surface area contributed by atoms with Crippen molar-refractivity contribution in [3.63, 3.8) is 0 Å². The van der Waals surface area contributed by atoms with E-state index in [0.717, 1.165) is 46.4 Å². The van der Waals surface area contributed by atoms with Gasteiger partial charge >= 0.3 is 6.18 Å². The first-order valence-corrected chi connectivity index (χ1v) is 23.6. The van der Waals surface area contributed by atoms with Crippen LogP contribution >= 0.6 is 0 Å². The van der Waals surface area contributed by atoms with E-state index in [1.807, 2.05) is 67.3 Å². The molecule has 19 heteroatoms. The van der Waals surface area contributed by atoms with Crippen molar-refractivity contribution < 1.29 is 17.6 Å². The van der Waals surface area contributed by atoms with E-state index < -0.39 is 23.5 Å². The lowest BCUT2D eigenvalue weighted by Crippen LogP contribution is -2.24. The van der Waals surface area contributed by atoms with Crippen molar-refractivity contribution in [1.29, 1.82) is 0 Å². The molecule has 7 aliphatic rings. The second-order valence-electron chi connectivity index (χ2n) is 18.1. The minimum absolute atomic E-state index is 0.0708. The smallest absolute Gasteiger partial charge is 0.398 e. The predicted octanol–water partition coefficient (Wildman–Crippen LogP) is 7.84. The third-order valence-corrected chi connectivity index (χ3v) is 13.0. The van der Waals surface area contributed by atoms with Crippen molar-refractivity contribution >= 4 is 33.2 Å². The number of halogens is 4. The molecule has 2 saturated heterocycles. The van der Waals surface area contributed by atoms with Crippen LogP contribution in [-0.4, -0.2) is 87.9 Å². The molecule has 7 aliphatic heterocycles. The van der Waals surface area contributed by atoms with E-state index in [1.54, 1.807) is 23.1 Å². The number of nitrogens with zero attached hydrogens (tertiary/aromatic N) is 8. The van der Waals surface area contributed by atoms with Gasteiger partial charge in [-0.15, -0.1) is 0 Å². The van der Waals surface area contributed by atoms with Crippen LogP contribution in [0.2, 0.25) is 0 Å². The van der Waals surface area contributed by atoms with Crippen molar-refractivity contribution in [2.45, 2.75) is 84.1 Å². The van der Waals surface area contributed by atoms with E-state index in [4.69, 9.17) is 5.73 Å². The molecule has 6 aromatic heterocycles. The van der Waals surface area contributed by atoms with Crippen LogP contribution in [0, 0.1) is 13.8 Å². The minimum atomic E-state index is -4.60. The van der Waals surface area contributed by atoms with Gasteiger partial charge in [0.05, 0.1) is 33.1 Å². The fourth-order valence-corrected chi connectivity index (χ4v) is 8.95. The van der Waals surface area contributed by atoms with Gasteiger partial charge in [0.1, 0.15) is 23.6 Å². The predicted molar refractivity (Wildman–Crippen MR) is 263 cm³/mol. The van der Waals surface area contributed by atoms with Crippen molar-refractivity contribution in [3.05, 3.63) is 157 Å². The number of nitrogens with one attached hydrogen (secondary N) is 4. The first-order valence-electron chi connectivity index (χ1n) is 23.6. The van der Waals surface area contributed by atoms with Gasteiger partial charge in [-0.3, -0.25) is 9.59 Å². The molecule has 15 rings (SSSR count). The number of hydrogen-bond donors (Lipinski definition) is 5. The lowest BCUT2D eigenvalue weighted by molar-refractivity contribution is -0.136. The van der Waals surface area contributed by atoms with Crippen LogP contribution in [0.4, 0.5) is 28.9 Å². The Bertz CT molecular complexity index is 3220. The van der Waals surface area contributed by atoms with Gasteiger partial charge in [0, 0.05) is 73.4 Å². The number of alkyl halides is 4. The third kappa shape index (κ3) is 10.9. The molecule has 13 heterocycles. The van der Waals surface area contributed by atoms with Crippen LogP contribution in [0.15, 0.2) is 95.2 Å². The zero-order valence-corrected chi connectivity index (χ0v) is 39.2. The molecule has 6 N–H and O–H groups in total. The Kier molecular flexibility index (Phi) is 13.9. The topological polar surface area (TPSA) is 193 Å². The molecule has 70 heavy (non-hydrogen) atoms. The molecule has 8 bridgehead atoms. The second kappa shape index (κ2) is 20.4. The average Bonchev–Trinajstić information content (AvgIpc) is 4.19. The van der Waals surface area contributed by atoms with E-state index in [9.17, 15) is 27.2 Å². The largest absolute Gasteiger partial charge is 0.418 e. The van der Waals surface area contributed by atoms with E-state index in [2.05, 4.69) is 57.5 Å². The second-order valence-corrected chi connectivity index (χ2v) is 18.1. The molecule has 0 spiro atoms. The summed E-state index contributed by atoms with van der Waals surface area (Å²) < 4.78 is 59.7. The highest BCUT2D eigenvalue weighted by Gasteiger charge is 2.35. The van der Waals surface area contributed by atoms with Gasteiger partial charge in [-0.1, -0.05) is 19.1 Å². The number of aromatic nitrogens is 9. The molecule has 0 aliphatic carbocycles. The SMILES string of the molecule is CCN1CCCC1.Cc1cn(-c2ccc(Cc3nc4cc(NC5CCNC5)c(C(F)(F)F)cc4c(=O)[nH]3)cn2)nc1C.Nc1cc2nc3[nH]c(=O)c2cc1C(F)CCc1ccn(c1)-c1ccc(cn1)C3. The molecular weight excluding hydrogens is 903 g/mol. The highest BCUT2D eigenvalue weighted by Crippen LogP contribution is 2.37. The minimum Gasteiger partial charge on any atom is -0.398 e. The van der Waals surface area contributed by atoms with Crippen molar-refractivity contribution in [2.24, 2.45) is 0 Å². The number of fused-ring (bicyclic) bond motifs is 1. The first kappa shape index (κ1) is 47.8. The van der Waals surface area contributed by atoms with Gasteiger partial charge in [0.15, 0.2) is 5.82 Å². The quantitative estimate of drug-likeness (QED) is 0.0806. The van der Waals surface area contributed by atoms with E-state index in [-0.39, 0.29) is 41.0 Å². The summed E-state index contributed by atoms with van der Waals surface area (Å²) in [6, 6.07) is 14.7. The van der Waals surface area contributed by atoms with E-state index >= 15 is 0 Å². The summed E-state index contributed by atoms with van der Waals surface area (Å²) in [5, 5.41) is 10.8. The van der Waals surface area contributed by atoms with Crippen LogP contribution in [0.1, 0.15) is 89.5 Å². The number of anilines is 2. The molecule has 15 nitrogen and oxygen atoms in total. The molecular formula is C51H55F4N13O2. The standard InChI is InChI=1S/C24H24F3N7O.C21H18FN5O.C6H13N/c1-13-12-34(33-14(13)2)22-4-3-15(10-29-22)7-21-31-19-9-20(30-16-5-6-28-11-16)18(24(25,26)27)8-17(19)23(35)32-21;22-16-3-1-12-5-6-27(11-12)20-4-2-13(10-24-20)7-19-25-18-9-17(23)14(16)8-15(18)21(28)26-19;1-2-7-5-3-4-6-7/h3-4,8-10,12,16,28,30H,5-7,11H2,1-2H3,(H,31,32,35);2,4-6,8-11,16H,1,3,7,23H2,(H,25,26,28);2-6H2,1H3. The Morgan fingerprint density at radius 1 is 0.857 bits per heavy atom. The molecule has 2 atom stereocenters. The van der Waals surface area contributed by atoms with Gasteiger partial charge in [-0.25, -0.2) is 29.0 Å². The molecule has 0 saturated carbocycles. The first-order chi connectivity index (χ1) is 33.7. The molecule has 8 aromatic rings. The number of rotatable bonds is 6. The van der Waals surface area contributed by atoms with E-state index in [0.29, 0.717) is 65.4 Å². The van der Waals surface area contributed by atoms with Gasteiger partial charge < -0.3 is 35.8 Å². The maximum Gasteiger partial charge on any atom is 0.418 e. The Labute approximate surface area is 400 Å². The summed E-state index contributed by atoms with van der Waals surface area (Å²) in [5.74, 6) is 2.30. The average molecular weight is 958 g/mol. The summed E-state index contributed by atoms with van der Waals surface area (Å²) in [6.07, 6.45) is 8.43.